The zero-order valence-electron chi connectivity index (χ0n) is 17.8. The number of nitrogens with zero attached hydrogens (tertiary/aromatic N) is 5. The van der Waals surface area contributed by atoms with Crippen LogP contribution in [0.1, 0.15) is 12.1 Å². The second-order valence-corrected chi connectivity index (χ2v) is 7.98. The number of methoxy groups -OCH3 is 1. The molecule has 0 aliphatic carbocycles. The van der Waals surface area contributed by atoms with Crippen molar-refractivity contribution in [3.05, 3.63) is 41.7 Å². The lowest BCUT2D eigenvalue weighted by atomic mass is 10.1. The van der Waals surface area contributed by atoms with Crippen LogP contribution in [0.4, 0.5) is 16.9 Å². The standard InChI is InChI=1S/C20H26N8O2S/c1-28(2)10-7-13(17(21)29)6-9-23-19-24-14(12-30-3)11-16(26-19)27-20-25-15-5-4-8-22-18(15)31-20/h4-5,7-8,11H,6,9-10,12H2,1-3H3,(H2,21,29)(H2,23,24,25,26,27)/b13-7+. The molecule has 1 amide bonds. The Morgan fingerprint density at radius 3 is 2.87 bits per heavy atom. The Balaban J connectivity index is 1.71. The van der Waals surface area contributed by atoms with Crippen LogP contribution in [0, 0.1) is 0 Å². The molecule has 0 saturated heterocycles. The molecule has 0 bridgehead atoms. The zero-order valence-corrected chi connectivity index (χ0v) is 18.6. The number of aromatic nitrogens is 4. The van der Waals surface area contributed by atoms with Gasteiger partial charge in [-0.25, -0.2) is 15.0 Å². The Kier molecular flexibility index (Phi) is 7.82. The lowest BCUT2D eigenvalue weighted by molar-refractivity contribution is -0.114. The number of thiazole rings is 1. The molecule has 0 unspecified atom stereocenters. The molecule has 0 saturated carbocycles. The van der Waals surface area contributed by atoms with Crippen molar-refractivity contribution in [3.8, 4) is 0 Å². The van der Waals surface area contributed by atoms with Crippen LogP contribution >= 0.6 is 11.3 Å². The number of fused-ring (bicyclic) bond motifs is 1. The van der Waals surface area contributed by atoms with Crippen LogP contribution in [0.2, 0.25) is 0 Å². The topological polar surface area (TPSA) is 131 Å². The van der Waals surface area contributed by atoms with Crippen molar-refractivity contribution >= 4 is 44.5 Å². The summed E-state index contributed by atoms with van der Waals surface area (Å²) in [4.78, 5) is 32.3. The summed E-state index contributed by atoms with van der Waals surface area (Å²) in [5, 5.41) is 7.06. The summed E-state index contributed by atoms with van der Waals surface area (Å²) in [6.07, 6.45) is 4.04. The normalized spacial score (nSPS) is 11.8. The van der Waals surface area contributed by atoms with Gasteiger partial charge in [0.1, 0.15) is 16.2 Å². The maximum atomic E-state index is 11.7. The third kappa shape index (κ3) is 6.67. The molecule has 0 fully saturated rings. The maximum absolute atomic E-state index is 11.7. The summed E-state index contributed by atoms with van der Waals surface area (Å²) in [6.45, 7) is 1.44. The molecule has 3 rings (SSSR count). The molecule has 164 valence electrons. The fourth-order valence-electron chi connectivity index (χ4n) is 2.72. The van der Waals surface area contributed by atoms with Gasteiger partial charge in [0.2, 0.25) is 11.9 Å². The number of nitrogens with one attached hydrogen (secondary N) is 2. The lowest BCUT2D eigenvalue weighted by Crippen LogP contribution is -2.20. The van der Waals surface area contributed by atoms with Crippen molar-refractivity contribution in [1.29, 1.82) is 0 Å². The number of carbonyl (C=O) groups is 1. The molecule has 31 heavy (non-hydrogen) atoms. The van der Waals surface area contributed by atoms with Crippen molar-refractivity contribution < 1.29 is 9.53 Å². The van der Waals surface area contributed by atoms with Gasteiger partial charge < -0.3 is 26.0 Å². The van der Waals surface area contributed by atoms with E-state index < -0.39 is 5.91 Å². The summed E-state index contributed by atoms with van der Waals surface area (Å²) in [6, 6.07) is 5.57. The van der Waals surface area contributed by atoms with Crippen LogP contribution < -0.4 is 16.4 Å². The first-order valence-electron chi connectivity index (χ1n) is 9.67. The Bertz CT molecular complexity index is 1030. The van der Waals surface area contributed by atoms with Gasteiger partial charge in [0.15, 0.2) is 5.13 Å². The molecule has 10 nitrogen and oxygen atoms in total. The van der Waals surface area contributed by atoms with E-state index in [0.717, 1.165) is 10.3 Å². The highest BCUT2D eigenvalue weighted by atomic mass is 32.1. The smallest absolute Gasteiger partial charge is 0.244 e. The highest BCUT2D eigenvalue weighted by Gasteiger charge is 2.10. The monoisotopic (exact) mass is 442 g/mol. The number of primary amides is 1. The molecule has 3 heterocycles. The third-order valence-electron chi connectivity index (χ3n) is 4.17. The van der Waals surface area contributed by atoms with Crippen molar-refractivity contribution in [3.63, 3.8) is 0 Å². The quantitative estimate of drug-likeness (QED) is 0.382. The Morgan fingerprint density at radius 1 is 1.32 bits per heavy atom. The predicted octanol–water partition coefficient (Wildman–Crippen LogP) is 2.15. The van der Waals surface area contributed by atoms with Gasteiger partial charge in [0, 0.05) is 38.0 Å². The van der Waals surface area contributed by atoms with Gasteiger partial charge in [-0.05, 0) is 32.6 Å². The van der Waals surface area contributed by atoms with Gasteiger partial charge in [-0.1, -0.05) is 17.4 Å². The van der Waals surface area contributed by atoms with Gasteiger partial charge in [-0.3, -0.25) is 4.79 Å². The number of likely N-dealkylation sites (N-methyl/N-ethyl adjacent to an activating group) is 1. The molecular formula is C20H26N8O2S. The van der Waals surface area contributed by atoms with Crippen LogP contribution in [0.15, 0.2) is 36.0 Å². The lowest BCUT2D eigenvalue weighted by Gasteiger charge is -2.11. The number of carbonyl (C=O) groups excluding carboxylic acids is 1. The first-order valence-corrected chi connectivity index (χ1v) is 10.5. The van der Waals surface area contributed by atoms with E-state index in [1.165, 1.54) is 11.3 Å². The molecule has 0 aliphatic rings. The Hall–Kier alpha value is -3.15. The first kappa shape index (κ1) is 22.5. The van der Waals surface area contributed by atoms with Crippen molar-refractivity contribution in [2.75, 3.05) is 44.9 Å². The van der Waals surface area contributed by atoms with E-state index in [1.807, 2.05) is 37.2 Å². The van der Waals surface area contributed by atoms with E-state index in [4.69, 9.17) is 10.5 Å². The molecule has 11 heteroatoms. The fourth-order valence-corrected chi connectivity index (χ4v) is 3.54. The van der Waals surface area contributed by atoms with Gasteiger partial charge in [0.05, 0.1) is 12.3 Å². The van der Waals surface area contributed by atoms with Gasteiger partial charge in [-0.15, -0.1) is 0 Å². The van der Waals surface area contributed by atoms with Gasteiger partial charge >= 0.3 is 0 Å². The van der Waals surface area contributed by atoms with Crippen LogP contribution in [0.3, 0.4) is 0 Å². The maximum Gasteiger partial charge on any atom is 0.244 e. The van der Waals surface area contributed by atoms with E-state index in [9.17, 15) is 4.79 Å². The van der Waals surface area contributed by atoms with E-state index in [1.54, 1.807) is 19.4 Å². The van der Waals surface area contributed by atoms with E-state index >= 15 is 0 Å². The number of amides is 1. The molecule has 3 aromatic heterocycles. The predicted molar refractivity (Wildman–Crippen MR) is 122 cm³/mol. The van der Waals surface area contributed by atoms with Crippen LogP contribution in [-0.2, 0) is 16.1 Å². The molecule has 3 aromatic rings. The second kappa shape index (κ2) is 10.8. The highest BCUT2D eigenvalue weighted by molar-refractivity contribution is 7.21. The van der Waals surface area contributed by atoms with Crippen molar-refractivity contribution in [1.82, 2.24) is 24.8 Å². The van der Waals surface area contributed by atoms with E-state index in [-0.39, 0.29) is 0 Å². The summed E-state index contributed by atoms with van der Waals surface area (Å²) in [5.41, 5.74) is 7.58. The number of rotatable bonds is 11. The number of anilines is 3. The van der Waals surface area contributed by atoms with Gasteiger partial charge in [0.25, 0.3) is 0 Å². The largest absolute Gasteiger partial charge is 0.378 e. The van der Waals surface area contributed by atoms with Crippen LogP contribution in [0.5, 0.6) is 0 Å². The number of ether oxygens (including phenoxy) is 1. The first-order chi connectivity index (χ1) is 14.9. The number of pyridine rings is 1. The molecule has 0 spiro atoms. The third-order valence-corrected chi connectivity index (χ3v) is 5.06. The van der Waals surface area contributed by atoms with Gasteiger partial charge in [-0.2, -0.15) is 4.98 Å². The Morgan fingerprint density at radius 2 is 2.16 bits per heavy atom. The SMILES string of the molecule is COCc1cc(Nc2nc3cccnc3s2)nc(NCC/C(=C\CN(C)C)C(N)=O)n1. The van der Waals surface area contributed by atoms with Crippen LogP contribution in [0.25, 0.3) is 10.3 Å². The summed E-state index contributed by atoms with van der Waals surface area (Å²) in [5.74, 6) is 0.582. The number of hydrogen-bond donors (Lipinski definition) is 3. The Labute approximate surface area is 184 Å². The molecule has 4 N–H and O–H groups in total. The summed E-state index contributed by atoms with van der Waals surface area (Å²) in [7, 11) is 5.47. The molecule has 0 aliphatic heterocycles. The zero-order chi connectivity index (χ0) is 22.2. The summed E-state index contributed by atoms with van der Waals surface area (Å²) < 4.78 is 5.22. The van der Waals surface area contributed by atoms with Crippen molar-refractivity contribution in [2.45, 2.75) is 13.0 Å². The highest BCUT2D eigenvalue weighted by Crippen LogP contribution is 2.26. The average molecular weight is 443 g/mol. The molecule has 0 aromatic carbocycles. The number of hydrogen-bond acceptors (Lipinski definition) is 10. The average Bonchev–Trinajstić information content (AvgIpc) is 3.12. The summed E-state index contributed by atoms with van der Waals surface area (Å²) >= 11 is 1.44. The number of nitrogens with two attached hydrogens (primary N) is 1. The minimum Gasteiger partial charge on any atom is -0.378 e. The van der Waals surface area contributed by atoms with E-state index in [2.05, 4.69) is 30.6 Å². The molecule has 0 atom stereocenters. The van der Waals surface area contributed by atoms with Crippen LogP contribution in [-0.4, -0.2) is 65.0 Å². The van der Waals surface area contributed by atoms with Crippen molar-refractivity contribution in [2.24, 2.45) is 5.73 Å². The fraction of sp³-hybridized carbons (Fsp3) is 0.350. The molecular weight excluding hydrogens is 416 g/mol. The van der Waals surface area contributed by atoms with E-state index in [0.29, 0.717) is 54.3 Å². The molecule has 0 radical (unpaired) electrons. The minimum atomic E-state index is -0.426. The minimum absolute atomic E-state index is 0.336. The second-order valence-electron chi connectivity index (χ2n) is 7.01.